The van der Waals surface area contributed by atoms with Gasteiger partial charge in [-0.3, -0.25) is 4.79 Å². The van der Waals surface area contributed by atoms with E-state index in [2.05, 4.69) is 10.6 Å². The molecule has 0 fully saturated rings. The standard InChI is InChI=1S/C11H11F3N2O3/c1-5(17)16-9(11(18)19)4-15-8-3-6(12)2-7(13)10(8)14/h2-3,9,15H,4H2,1H3,(H,16,17)(H,18,19). The second-order valence-corrected chi connectivity index (χ2v) is 3.72. The molecule has 8 heteroatoms. The predicted molar refractivity (Wildman–Crippen MR) is 60.0 cm³/mol. The quantitative estimate of drug-likeness (QED) is 0.704. The molecule has 1 atom stereocenters. The van der Waals surface area contributed by atoms with E-state index < -0.39 is 47.6 Å². The van der Waals surface area contributed by atoms with Crippen molar-refractivity contribution in [1.29, 1.82) is 0 Å². The van der Waals surface area contributed by atoms with Gasteiger partial charge in [0, 0.05) is 25.6 Å². The first-order valence-corrected chi connectivity index (χ1v) is 5.19. The summed E-state index contributed by atoms with van der Waals surface area (Å²) in [5.41, 5.74) is -0.519. The van der Waals surface area contributed by atoms with Crippen LogP contribution in [-0.4, -0.2) is 29.6 Å². The summed E-state index contributed by atoms with van der Waals surface area (Å²) in [6.45, 7) is 0.688. The minimum Gasteiger partial charge on any atom is -0.480 e. The molecule has 0 aliphatic heterocycles. The van der Waals surface area contributed by atoms with Crippen LogP contribution >= 0.6 is 0 Å². The first-order valence-electron chi connectivity index (χ1n) is 5.19. The minimum atomic E-state index is -1.39. The molecule has 3 N–H and O–H groups in total. The Bertz CT molecular complexity index is 508. The van der Waals surface area contributed by atoms with Crippen LogP contribution in [0.2, 0.25) is 0 Å². The Labute approximate surface area is 106 Å². The number of halogens is 3. The number of benzene rings is 1. The Kier molecular flexibility index (Phi) is 4.74. The SMILES string of the molecule is CC(=O)NC(CNc1cc(F)cc(F)c1F)C(=O)O. The molecular formula is C11H11F3N2O3. The highest BCUT2D eigenvalue weighted by Crippen LogP contribution is 2.18. The number of aliphatic carboxylic acids is 1. The van der Waals surface area contributed by atoms with Gasteiger partial charge in [-0.05, 0) is 0 Å². The number of carbonyl (C=O) groups excluding carboxylic acids is 1. The molecule has 0 spiro atoms. The lowest BCUT2D eigenvalue weighted by molar-refractivity contribution is -0.141. The Hall–Kier alpha value is -2.25. The summed E-state index contributed by atoms with van der Waals surface area (Å²) in [5, 5.41) is 13.1. The first kappa shape index (κ1) is 14.8. The van der Waals surface area contributed by atoms with E-state index in [9.17, 15) is 22.8 Å². The lowest BCUT2D eigenvalue weighted by Gasteiger charge is -2.15. The Balaban J connectivity index is 2.79. The van der Waals surface area contributed by atoms with E-state index in [-0.39, 0.29) is 0 Å². The number of nitrogens with one attached hydrogen (secondary N) is 2. The van der Waals surface area contributed by atoms with Crippen molar-refractivity contribution in [1.82, 2.24) is 5.32 Å². The molecule has 19 heavy (non-hydrogen) atoms. The fraction of sp³-hybridized carbons (Fsp3) is 0.273. The normalized spacial score (nSPS) is 11.8. The van der Waals surface area contributed by atoms with E-state index in [1.165, 1.54) is 0 Å². The first-order chi connectivity index (χ1) is 8.81. The van der Waals surface area contributed by atoms with Crippen LogP contribution in [0.15, 0.2) is 12.1 Å². The zero-order valence-corrected chi connectivity index (χ0v) is 9.84. The van der Waals surface area contributed by atoms with Crippen molar-refractivity contribution in [3.8, 4) is 0 Å². The minimum absolute atomic E-state index is 0.364. The molecule has 0 aromatic heterocycles. The summed E-state index contributed by atoms with van der Waals surface area (Å²) in [6, 6.07) is -0.295. The molecule has 1 aromatic rings. The second-order valence-electron chi connectivity index (χ2n) is 3.72. The van der Waals surface area contributed by atoms with Gasteiger partial charge in [0.05, 0.1) is 5.69 Å². The van der Waals surface area contributed by atoms with Crippen LogP contribution in [0.5, 0.6) is 0 Å². The number of hydrogen-bond donors (Lipinski definition) is 3. The van der Waals surface area contributed by atoms with Crippen molar-refractivity contribution in [2.45, 2.75) is 13.0 Å². The molecule has 0 aliphatic rings. The van der Waals surface area contributed by atoms with Crippen molar-refractivity contribution in [2.24, 2.45) is 0 Å². The molecule has 5 nitrogen and oxygen atoms in total. The molecular weight excluding hydrogens is 265 g/mol. The second kappa shape index (κ2) is 6.07. The smallest absolute Gasteiger partial charge is 0.328 e. The van der Waals surface area contributed by atoms with Crippen molar-refractivity contribution >= 4 is 17.6 Å². The zero-order chi connectivity index (χ0) is 14.6. The molecule has 104 valence electrons. The van der Waals surface area contributed by atoms with Crippen LogP contribution in [-0.2, 0) is 9.59 Å². The fourth-order valence-corrected chi connectivity index (χ4v) is 1.34. The zero-order valence-electron chi connectivity index (χ0n) is 9.84. The summed E-state index contributed by atoms with van der Waals surface area (Å²) in [6.07, 6.45) is 0. The van der Waals surface area contributed by atoms with Gasteiger partial charge in [-0.2, -0.15) is 0 Å². The summed E-state index contributed by atoms with van der Waals surface area (Å²) in [5.74, 6) is -5.69. The van der Waals surface area contributed by atoms with Gasteiger partial charge in [-0.15, -0.1) is 0 Å². The monoisotopic (exact) mass is 276 g/mol. The van der Waals surface area contributed by atoms with Gasteiger partial charge in [0.2, 0.25) is 5.91 Å². The molecule has 0 aliphatic carbocycles. The van der Waals surface area contributed by atoms with Gasteiger partial charge in [0.15, 0.2) is 11.6 Å². The Morgan fingerprint density at radius 1 is 1.32 bits per heavy atom. The predicted octanol–water partition coefficient (Wildman–Crippen LogP) is 1.11. The number of carbonyl (C=O) groups is 2. The largest absolute Gasteiger partial charge is 0.480 e. The van der Waals surface area contributed by atoms with E-state index in [4.69, 9.17) is 5.11 Å². The molecule has 1 aromatic carbocycles. The molecule has 1 unspecified atom stereocenters. The molecule has 0 radical (unpaired) electrons. The van der Waals surface area contributed by atoms with Crippen LogP contribution in [0.3, 0.4) is 0 Å². The number of hydrogen-bond acceptors (Lipinski definition) is 3. The van der Waals surface area contributed by atoms with Crippen LogP contribution in [0.25, 0.3) is 0 Å². The third kappa shape index (κ3) is 4.16. The highest BCUT2D eigenvalue weighted by Gasteiger charge is 2.19. The average Bonchev–Trinajstić information content (AvgIpc) is 2.29. The summed E-state index contributed by atoms with van der Waals surface area (Å²) >= 11 is 0. The van der Waals surface area contributed by atoms with Gasteiger partial charge >= 0.3 is 5.97 Å². The maximum atomic E-state index is 13.3. The number of anilines is 1. The Morgan fingerprint density at radius 3 is 2.47 bits per heavy atom. The van der Waals surface area contributed by atoms with E-state index in [1.54, 1.807) is 0 Å². The molecule has 0 bridgehead atoms. The van der Waals surface area contributed by atoms with Crippen molar-refractivity contribution in [3.63, 3.8) is 0 Å². The highest BCUT2D eigenvalue weighted by atomic mass is 19.2. The van der Waals surface area contributed by atoms with E-state index in [1.807, 2.05) is 0 Å². The maximum absolute atomic E-state index is 13.3. The summed E-state index contributed by atoms with van der Waals surface area (Å²) in [7, 11) is 0. The van der Waals surface area contributed by atoms with Crippen LogP contribution in [0.4, 0.5) is 18.9 Å². The summed E-state index contributed by atoms with van der Waals surface area (Å²) in [4.78, 5) is 21.5. The average molecular weight is 276 g/mol. The third-order valence-corrected chi connectivity index (χ3v) is 2.17. The van der Waals surface area contributed by atoms with Crippen LogP contribution in [0, 0.1) is 17.5 Å². The highest BCUT2D eigenvalue weighted by molar-refractivity contribution is 5.82. The molecule has 0 saturated carbocycles. The Morgan fingerprint density at radius 2 is 1.95 bits per heavy atom. The maximum Gasteiger partial charge on any atom is 0.328 e. The number of carboxylic acid groups (broad SMARTS) is 1. The molecule has 0 heterocycles. The van der Waals surface area contributed by atoms with Gasteiger partial charge in [0.1, 0.15) is 11.9 Å². The molecule has 1 rings (SSSR count). The third-order valence-electron chi connectivity index (χ3n) is 2.17. The molecule has 0 saturated heterocycles. The molecule has 1 amide bonds. The topological polar surface area (TPSA) is 78.4 Å². The van der Waals surface area contributed by atoms with Crippen LogP contribution in [0.1, 0.15) is 6.92 Å². The van der Waals surface area contributed by atoms with Crippen molar-refractivity contribution in [3.05, 3.63) is 29.6 Å². The van der Waals surface area contributed by atoms with Gasteiger partial charge < -0.3 is 15.7 Å². The number of amides is 1. The number of rotatable bonds is 5. The van der Waals surface area contributed by atoms with Gasteiger partial charge in [-0.25, -0.2) is 18.0 Å². The van der Waals surface area contributed by atoms with E-state index >= 15 is 0 Å². The lowest BCUT2D eigenvalue weighted by atomic mass is 10.2. The fourth-order valence-electron chi connectivity index (χ4n) is 1.34. The van der Waals surface area contributed by atoms with E-state index in [0.717, 1.165) is 6.92 Å². The summed E-state index contributed by atoms with van der Waals surface area (Å²) < 4.78 is 39.0. The van der Waals surface area contributed by atoms with E-state index in [0.29, 0.717) is 12.1 Å². The van der Waals surface area contributed by atoms with Gasteiger partial charge in [0.25, 0.3) is 0 Å². The lowest BCUT2D eigenvalue weighted by Crippen LogP contribution is -2.44. The van der Waals surface area contributed by atoms with Crippen molar-refractivity contribution < 1.29 is 27.9 Å². The number of carboxylic acids is 1. The van der Waals surface area contributed by atoms with Crippen LogP contribution < -0.4 is 10.6 Å². The van der Waals surface area contributed by atoms with Crippen molar-refractivity contribution in [2.75, 3.05) is 11.9 Å². The van der Waals surface area contributed by atoms with Gasteiger partial charge in [-0.1, -0.05) is 0 Å².